The van der Waals surface area contributed by atoms with Gasteiger partial charge in [0.1, 0.15) is 5.75 Å². The molecule has 0 heterocycles. The first kappa shape index (κ1) is 22.6. The third-order valence-corrected chi connectivity index (χ3v) is 7.02. The van der Waals surface area contributed by atoms with E-state index < -0.39 is 0 Å². The van der Waals surface area contributed by atoms with Gasteiger partial charge in [-0.2, -0.15) is 0 Å². The van der Waals surface area contributed by atoms with E-state index >= 15 is 0 Å². The fraction of sp³-hybridized carbons (Fsp3) is 0.200. The second kappa shape index (κ2) is 10.4. The van der Waals surface area contributed by atoms with Gasteiger partial charge in [-0.3, -0.25) is 0 Å². The Morgan fingerprint density at radius 2 is 0.844 bits per heavy atom. The van der Waals surface area contributed by atoms with Crippen LogP contribution < -0.4 is 3.07 Å². The van der Waals surface area contributed by atoms with Crippen LogP contribution in [0.25, 0.3) is 0 Å². The van der Waals surface area contributed by atoms with Gasteiger partial charge in [-0.05, 0) is 22.3 Å². The van der Waals surface area contributed by atoms with Crippen LogP contribution in [0.4, 0.5) is 0 Å². The number of benzene rings is 4. The second-order valence-corrected chi connectivity index (χ2v) is 8.94. The molecule has 0 aliphatic carbocycles. The molecule has 4 rings (SSSR count). The van der Waals surface area contributed by atoms with Crippen molar-refractivity contribution in [1.29, 1.82) is 0 Å². The molecule has 2 heteroatoms. The summed E-state index contributed by atoms with van der Waals surface area (Å²) in [7, 11) is 0. The minimum Gasteiger partial charge on any atom is -0.427 e. The van der Waals surface area contributed by atoms with Gasteiger partial charge in [0.05, 0.1) is 0 Å². The third kappa shape index (κ3) is 4.75. The van der Waals surface area contributed by atoms with Crippen LogP contribution in [0, 0.1) is 0 Å². The summed E-state index contributed by atoms with van der Waals surface area (Å²) in [6.45, 7) is 6.85. The first-order chi connectivity index (χ1) is 15.6. The number of halogens is 1. The van der Waals surface area contributed by atoms with Crippen LogP contribution in [0.2, 0.25) is 0 Å². The Kier molecular flexibility index (Phi) is 7.31. The van der Waals surface area contributed by atoms with E-state index in [0.717, 1.165) is 5.75 Å². The average molecular weight is 532 g/mol. The number of rotatable bonds is 7. The molecule has 0 aliphatic rings. The van der Waals surface area contributed by atoms with Gasteiger partial charge < -0.3 is 3.07 Å². The van der Waals surface area contributed by atoms with Crippen molar-refractivity contribution >= 4 is 23.0 Å². The normalized spacial score (nSPS) is 13.9. The molecule has 0 aliphatic heterocycles. The van der Waals surface area contributed by atoms with Gasteiger partial charge in [-0.1, -0.05) is 124 Å². The van der Waals surface area contributed by atoms with Gasteiger partial charge in [0.15, 0.2) is 23.0 Å². The molecule has 4 aromatic carbocycles. The molecule has 1 nitrogen and oxygen atoms in total. The molecule has 0 bridgehead atoms. The van der Waals surface area contributed by atoms with Gasteiger partial charge in [0, 0.05) is 28.9 Å². The summed E-state index contributed by atoms with van der Waals surface area (Å²) >= 11 is 2.05. The molecule has 0 fully saturated rings. The van der Waals surface area contributed by atoms with Crippen molar-refractivity contribution in [3.63, 3.8) is 0 Å². The van der Waals surface area contributed by atoms with Crippen LogP contribution in [0.1, 0.15) is 71.9 Å². The van der Waals surface area contributed by atoms with Crippen LogP contribution in [0.5, 0.6) is 5.75 Å². The fourth-order valence-corrected chi connectivity index (χ4v) is 4.97. The standard InChI is InChI=1S/C30H29IO/c1-21(24-13-7-4-8-14-24)27-19-28(22(2)25-15-9-5-10-16-25)30(32-31)29(20-27)23(3)26-17-11-6-12-18-26/h4-23H,1-3H3. The van der Waals surface area contributed by atoms with E-state index in [0.29, 0.717) is 5.92 Å². The van der Waals surface area contributed by atoms with Crippen molar-refractivity contribution in [3.8, 4) is 5.75 Å². The zero-order valence-electron chi connectivity index (χ0n) is 18.8. The Hall–Kier alpha value is -2.59. The van der Waals surface area contributed by atoms with Crippen molar-refractivity contribution in [3.05, 3.63) is 137 Å². The predicted molar refractivity (Wildman–Crippen MR) is 143 cm³/mol. The van der Waals surface area contributed by atoms with Crippen LogP contribution in [-0.4, -0.2) is 0 Å². The molecule has 0 saturated heterocycles. The molecule has 0 amide bonds. The molecule has 3 atom stereocenters. The molecular weight excluding hydrogens is 503 g/mol. The largest absolute Gasteiger partial charge is 0.427 e. The zero-order valence-corrected chi connectivity index (χ0v) is 21.0. The topological polar surface area (TPSA) is 9.23 Å². The van der Waals surface area contributed by atoms with Gasteiger partial charge in [0.25, 0.3) is 0 Å². The molecule has 3 unspecified atom stereocenters. The summed E-state index contributed by atoms with van der Waals surface area (Å²) in [4.78, 5) is 0. The summed E-state index contributed by atoms with van der Waals surface area (Å²) in [6.07, 6.45) is 0. The molecule has 32 heavy (non-hydrogen) atoms. The van der Waals surface area contributed by atoms with Gasteiger partial charge in [-0.15, -0.1) is 0 Å². The second-order valence-electron chi connectivity index (χ2n) is 8.50. The molecule has 0 radical (unpaired) electrons. The van der Waals surface area contributed by atoms with E-state index in [1.165, 1.54) is 33.4 Å². The lowest BCUT2D eigenvalue weighted by Gasteiger charge is -2.25. The van der Waals surface area contributed by atoms with Crippen molar-refractivity contribution in [1.82, 2.24) is 0 Å². The summed E-state index contributed by atoms with van der Waals surface area (Å²) in [6, 6.07) is 36.9. The Morgan fingerprint density at radius 3 is 1.19 bits per heavy atom. The number of hydrogen-bond acceptors (Lipinski definition) is 1. The van der Waals surface area contributed by atoms with E-state index in [1.54, 1.807) is 0 Å². The van der Waals surface area contributed by atoms with E-state index in [1.807, 2.05) is 0 Å². The highest BCUT2D eigenvalue weighted by Gasteiger charge is 2.24. The van der Waals surface area contributed by atoms with Crippen molar-refractivity contribution in [2.75, 3.05) is 0 Å². The third-order valence-electron chi connectivity index (χ3n) is 6.58. The van der Waals surface area contributed by atoms with Crippen LogP contribution >= 0.6 is 23.0 Å². The maximum Gasteiger partial charge on any atom is 0.192 e. The lowest BCUT2D eigenvalue weighted by atomic mass is 9.82. The molecule has 162 valence electrons. The highest BCUT2D eigenvalue weighted by molar-refractivity contribution is 14.1. The van der Waals surface area contributed by atoms with Crippen LogP contribution in [0.3, 0.4) is 0 Å². The first-order valence-electron chi connectivity index (χ1n) is 11.2. The Bertz CT molecular complexity index is 1070. The van der Waals surface area contributed by atoms with Crippen molar-refractivity contribution < 1.29 is 3.07 Å². The lowest BCUT2D eigenvalue weighted by molar-refractivity contribution is 0.665. The van der Waals surface area contributed by atoms with Gasteiger partial charge in [-0.25, -0.2) is 0 Å². The summed E-state index contributed by atoms with van der Waals surface area (Å²) in [5, 5.41) is 0. The SMILES string of the molecule is CC(c1ccccc1)c1cc(C(C)c2ccccc2)c(OI)c(C(C)c2ccccc2)c1. The van der Waals surface area contributed by atoms with E-state index in [9.17, 15) is 0 Å². The van der Waals surface area contributed by atoms with E-state index in [-0.39, 0.29) is 11.8 Å². The lowest BCUT2D eigenvalue weighted by Crippen LogP contribution is -2.07. The highest BCUT2D eigenvalue weighted by atomic mass is 127. The summed E-state index contributed by atoms with van der Waals surface area (Å²) in [5.74, 6) is 1.74. The Morgan fingerprint density at radius 1 is 0.500 bits per heavy atom. The minimum atomic E-state index is 0.227. The molecule has 0 aromatic heterocycles. The molecule has 0 spiro atoms. The molecular formula is C30H29IO. The van der Waals surface area contributed by atoms with Crippen molar-refractivity contribution in [2.45, 2.75) is 38.5 Å². The van der Waals surface area contributed by atoms with E-state index in [4.69, 9.17) is 3.07 Å². The Labute approximate surface area is 206 Å². The Balaban J connectivity index is 1.89. The highest BCUT2D eigenvalue weighted by Crippen LogP contribution is 2.43. The maximum atomic E-state index is 6.07. The summed E-state index contributed by atoms with van der Waals surface area (Å²) < 4.78 is 6.07. The van der Waals surface area contributed by atoms with Gasteiger partial charge >= 0.3 is 0 Å². The smallest absolute Gasteiger partial charge is 0.192 e. The minimum absolute atomic E-state index is 0.227. The average Bonchev–Trinajstić information content (AvgIpc) is 2.88. The molecule has 4 aromatic rings. The zero-order chi connectivity index (χ0) is 22.5. The number of hydrogen-bond donors (Lipinski definition) is 0. The fourth-order valence-electron chi connectivity index (χ4n) is 4.46. The van der Waals surface area contributed by atoms with Crippen molar-refractivity contribution in [2.24, 2.45) is 0 Å². The molecule has 0 N–H and O–H groups in total. The monoisotopic (exact) mass is 532 g/mol. The first-order valence-corrected chi connectivity index (χ1v) is 12.1. The quantitative estimate of drug-likeness (QED) is 0.216. The maximum absolute atomic E-state index is 6.07. The van der Waals surface area contributed by atoms with Gasteiger partial charge in [0.2, 0.25) is 0 Å². The van der Waals surface area contributed by atoms with Crippen LogP contribution in [0.15, 0.2) is 103 Å². The summed E-state index contributed by atoms with van der Waals surface area (Å²) in [5.41, 5.74) is 7.72. The molecule has 0 saturated carbocycles. The van der Waals surface area contributed by atoms with E-state index in [2.05, 4.69) is 147 Å². The predicted octanol–water partition coefficient (Wildman–Crippen LogP) is 8.87. The van der Waals surface area contributed by atoms with Crippen LogP contribution in [-0.2, 0) is 0 Å².